The zero-order valence-electron chi connectivity index (χ0n) is 14.3. The summed E-state index contributed by atoms with van der Waals surface area (Å²) in [5.74, 6) is -0.410. The largest absolute Gasteiger partial charge is 0.497 e. The van der Waals surface area contributed by atoms with E-state index in [0.29, 0.717) is 24.5 Å². The number of benzene rings is 1. The summed E-state index contributed by atoms with van der Waals surface area (Å²) in [6, 6.07) is 6.99. The quantitative estimate of drug-likeness (QED) is 0.841. The molecule has 0 aliphatic carbocycles. The molecular formula is C17H24N2O5. The third-order valence-corrected chi connectivity index (χ3v) is 3.86. The van der Waals surface area contributed by atoms with Crippen LogP contribution in [0.5, 0.6) is 5.75 Å². The minimum Gasteiger partial charge on any atom is -0.497 e. The fourth-order valence-corrected chi connectivity index (χ4v) is 2.84. The number of amides is 1. The Morgan fingerprint density at radius 1 is 1.21 bits per heavy atom. The molecule has 0 radical (unpaired) electrons. The molecule has 1 saturated heterocycles. The highest BCUT2D eigenvalue weighted by atomic mass is 16.5. The van der Waals surface area contributed by atoms with Crippen LogP contribution >= 0.6 is 0 Å². The summed E-state index contributed by atoms with van der Waals surface area (Å²) in [6.07, 6.45) is -0.0433. The number of carbonyl (C=O) groups is 2. The first kappa shape index (κ1) is 18.1. The molecule has 2 atom stereocenters. The van der Waals surface area contributed by atoms with Crippen molar-refractivity contribution in [2.45, 2.75) is 26.1 Å². The molecule has 0 unspecified atom stereocenters. The van der Waals surface area contributed by atoms with E-state index >= 15 is 0 Å². The van der Waals surface area contributed by atoms with Gasteiger partial charge in [-0.3, -0.25) is 9.59 Å². The number of nitrogens with zero attached hydrogens (tertiary/aromatic N) is 2. The van der Waals surface area contributed by atoms with E-state index < -0.39 is 5.97 Å². The predicted octanol–water partition coefficient (Wildman–Crippen LogP) is 1.22. The van der Waals surface area contributed by atoms with Crippen molar-refractivity contribution in [3.05, 3.63) is 24.3 Å². The number of anilines is 1. The van der Waals surface area contributed by atoms with Crippen molar-refractivity contribution in [1.82, 2.24) is 4.90 Å². The Labute approximate surface area is 141 Å². The normalized spacial score (nSPS) is 20.5. The third kappa shape index (κ3) is 4.86. The molecule has 1 heterocycles. The van der Waals surface area contributed by atoms with E-state index in [1.54, 1.807) is 41.2 Å². The number of carboxylic acid groups (broad SMARTS) is 1. The zero-order valence-corrected chi connectivity index (χ0v) is 14.3. The summed E-state index contributed by atoms with van der Waals surface area (Å²) in [4.78, 5) is 27.0. The maximum atomic E-state index is 12.6. The van der Waals surface area contributed by atoms with Crippen LogP contribution in [0.4, 0.5) is 5.69 Å². The van der Waals surface area contributed by atoms with Gasteiger partial charge in [-0.2, -0.15) is 0 Å². The van der Waals surface area contributed by atoms with Crippen molar-refractivity contribution in [1.29, 1.82) is 0 Å². The van der Waals surface area contributed by atoms with Crippen molar-refractivity contribution >= 4 is 17.6 Å². The number of hydrogen-bond acceptors (Lipinski definition) is 5. The van der Waals surface area contributed by atoms with Crippen LogP contribution in [0.25, 0.3) is 0 Å². The Kier molecular flexibility index (Phi) is 6.03. The second kappa shape index (κ2) is 8.01. The molecule has 2 rings (SSSR count). The Bertz CT molecular complexity index is 565. The Morgan fingerprint density at radius 3 is 2.29 bits per heavy atom. The van der Waals surface area contributed by atoms with Gasteiger partial charge in [0.1, 0.15) is 12.3 Å². The summed E-state index contributed by atoms with van der Waals surface area (Å²) < 4.78 is 10.7. The molecule has 1 aliphatic rings. The summed E-state index contributed by atoms with van der Waals surface area (Å²) in [5.41, 5.74) is 0.668. The van der Waals surface area contributed by atoms with E-state index in [2.05, 4.69) is 0 Å². The van der Waals surface area contributed by atoms with E-state index in [1.807, 2.05) is 13.8 Å². The lowest BCUT2D eigenvalue weighted by Gasteiger charge is -2.36. The van der Waals surface area contributed by atoms with Crippen LogP contribution < -0.4 is 9.64 Å². The van der Waals surface area contributed by atoms with Gasteiger partial charge in [0.05, 0.1) is 25.9 Å². The van der Waals surface area contributed by atoms with E-state index in [9.17, 15) is 9.59 Å². The molecule has 0 bridgehead atoms. The van der Waals surface area contributed by atoms with Crippen molar-refractivity contribution in [3.63, 3.8) is 0 Å². The summed E-state index contributed by atoms with van der Waals surface area (Å²) in [6.45, 7) is 4.66. The third-order valence-electron chi connectivity index (χ3n) is 3.86. The Hall–Kier alpha value is -2.28. The van der Waals surface area contributed by atoms with E-state index in [4.69, 9.17) is 14.6 Å². The number of morpholine rings is 1. The van der Waals surface area contributed by atoms with Crippen LogP contribution in [0.15, 0.2) is 24.3 Å². The first-order chi connectivity index (χ1) is 11.4. The predicted molar refractivity (Wildman–Crippen MR) is 89.4 cm³/mol. The molecular weight excluding hydrogens is 312 g/mol. The number of hydrogen-bond donors (Lipinski definition) is 1. The lowest BCUT2D eigenvalue weighted by Crippen LogP contribution is -2.51. The highest BCUT2D eigenvalue weighted by Gasteiger charge is 2.27. The summed E-state index contributed by atoms with van der Waals surface area (Å²) >= 11 is 0. The second-order valence-corrected chi connectivity index (χ2v) is 6.00. The molecule has 1 aromatic carbocycles. The van der Waals surface area contributed by atoms with Gasteiger partial charge >= 0.3 is 5.97 Å². The van der Waals surface area contributed by atoms with Gasteiger partial charge in [-0.15, -0.1) is 0 Å². The van der Waals surface area contributed by atoms with Crippen LogP contribution in [0, 0.1) is 0 Å². The molecule has 0 saturated carbocycles. The number of methoxy groups -OCH3 is 1. The number of carboxylic acids is 1. The molecule has 7 heteroatoms. The molecule has 1 N–H and O–H groups in total. The zero-order chi connectivity index (χ0) is 17.7. The molecule has 1 amide bonds. The fourth-order valence-electron chi connectivity index (χ4n) is 2.84. The van der Waals surface area contributed by atoms with Gasteiger partial charge < -0.3 is 24.4 Å². The lowest BCUT2D eigenvalue weighted by atomic mass is 10.2. The van der Waals surface area contributed by atoms with E-state index in [-0.39, 0.29) is 31.2 Å². The molecule has 1 aliphatic heterocycles. The number of rotatable bonds is 6. The average molecular weight is 336 g/mol. The lowest BCUT2D eigenvalue weighted by molar-refractivity contribution is -0.141. The van der Waals surface area contributed by atoms with Crippen LogP contribution in [0.3, 0.4) is 0 Å². The molecule has 0 aromatic heterocycles. The van der Waals surface area contributed by atoms with Crippen LogP contribution in [-0.2, 0) is 14.3 Å². The van der Waals surface area contributed by atoms with E-state index in [1.165, 1.54) is 0 Å². The highest BCUT2D eigenvalue weighted by Crippen LogP contribution is 2.20. The van der Waals surface area contributed by atoms with Crippen molar-refractivity contribution in [2.75, 3.05) is 38.2 Å². The molecule has 24 heavy (non-hydrogen) atoms. The Morgan fingerprint density at radius 2 is 1.79 bits per heavy atom. The monoisotopic (exact) mass is 336 g/mol. The summed E-state index contributed by atoms with van der Waals surface area (Å²) in [5, 5.41) is 9.14. The molecule has 1 fully saturated rings. The number of aliphatic carboxylic acids is 1. The minimum absolute atomic E-state index is 0.0120. The van der Waals surface area contributed by atoms with Gasteiger partial charge in [0.2, 0.25) is 5.91 Å². The van der Waals surface area contributed by atoms with Gasteiger partial charge in [0, 0.05) is 18.8 Å². The SMILES string of the molecule is COc1ccc(N(CC(=O)O)CC(=O)N2C[C@@H](C)O[C@H](C)C2)cc1. The topological polar surface area (TPSA) is 79.3 Å². The van der Waals surface area contributed by atoms with Crippen molar-refractivity contribution in [3.8, 4) is 5.75 Å². The van der Waals surface area contributed by atoms with Gasteiger partial charge in [0.15, 0.2) is 0 Å². The van der Waals surface area contributed by atoms with Crippen LogP contribution in [0.2, 0.25) is 0 Å². The molecule has 0 spiro atoms. The van der Waals surface area contributed by atoms with Gasteiger partial charge in [-0.25, -0.2) is 0 Å². The number of ether oxygens (including phenoxy) is 2. The Balaban J connectivity index is 2.09. The maximum Gasteiger partial charge on any atom is 0.323 e. The molecule has 7 nitrogen and oxygen atoms in total. The average Bonchev–Trinajstić information content (AvgIpc) is 2.53. The van der Waals surface area contributed by atoms with Crippen LogP contribution in [0.1, 0.15) is 13.8 Å². The first-order valence-electron chi connectivity index (χ1n) is 7.93. The summed E-state index contributed by atoms with van der Waals surface area (Å²) in [7, 11) is 1.56. The van der Waals surface area contributed by atoms with Crippen molar-refractivity contribution in [2.24, 2.45) is 0 Å². The maximum absolute atomic E-state index is 12.6. The first-order valence-corrected chi connectivity index (χ1v) is 7.93. The molecule has 1 aromatic rings. The standard InChI is InChI=1S/C17H24N2O5/c1-12-8-19(9-13(2)24-12)16(20)10-18(11-17(21)22)14-4-6-15(23-3)7-5-14/h4-7,12-13H,8-11H2,1-3H3,(H,21,22)/t12-,13-/m1/s1. The number of carbonyl (C=O) groups excluding carboxylic acids is 1. The smallest absolute Gasteiger partial charge is 0.323 e. The minimum atomic E-state index is -0.984. The van der Waals surface area contributed by atoms with E-state index in [0.717, 1.165) is 0 Å². The van der Waals surface area contributed by atoms with Crippen molar-refractivity contribution < 1.29 is 24.2 Å². The highest BCUT2D eigenvalue weighted by molar-refractivity contribution is 5.84. The van der Waals surface area contributed by atoms with Gasteiger partial charge in [0.25, 0.3) is 0 Å². The van der Waals surface area contributed by atoms with Crippen LogP contribution in [-0.4, -0.2) is 67.4 Å². The fraction of sp³-hybridized carbons (Fsp3) is 0.529. The van der Waals surface area contributed by atoms with Gasteiger partial charge in [-0.05, 0) is 38.1 Å². The molecule has 132 valence electrons. The van der Waals surface area contributed by atoms with Gasteiger partial charge in [-0.1, -0.05) is 0 Å². The second-order valence-electron chi connectivity index (χ2n) is 6.00.